The molecule has 0 aliphatic carbocycles. The Bertz CT molecular complexity index is 948. The van der Waals surface area contributed by atoms with Crippen LogP contribution < -0.4 is 5.32 Å². The van der Waals surface area contributed by atoms with E-state index in [2.05, 4.69) is 10.4 Å². The highest BCUT2D eigenvalue weighted by Gasteiger charge is 2.31. The first-order valence-electron chi connectivity index (χ1n) is 9.00. The van der Waals surface area contributed by atoms with Crippen molar-refractivity contribution in [3.63, 3.8) is 0 Å². The van der Waals surface area contributed by atoms with E-state index in [1.807, 2.05) is 49.7 Å². The van der Waals surface area contributed by atoms with E-state index in [4.69, 9.17) is 0 Å². The van der Waals surface area contributed by atoms with E-state index in [-0.39, 0.29) is 23.6 Å². The van der Waals surface area contributed by atoms with Crippen molar-refractivity contribution in [3.05, 3.63) is 46.8 Å². The SMILES string of the molecule is Cc1ccc(NC(=O)N(C)Cc2c(C)nn(C3CCS(=O)(=O)C3)c2C)cc1. The highest BCUT2D eigenvalue weighted by atomic mass is 32.2. The van der Waals surface area contributed by atoms with E-state index in [1.165, 1.54) is 0 Å². The van der Waals surface area contributed by atoms with Crippen molar-refractivity contribution in [3.8, 4) is 0 Å². The second kappa shape index (κ2) is 7.34. The molecule has 2 heterocycles. The van der Waals surface area contributed by atoms with E-state index in [0.717, 1.165) is 28.2 Å². The van der Waals surface area contributed by atoms with Gasteiger partial charge in [-0.1, -0.05) is 17.7 Å². The van der Waals surface area contributed by atoms with Crippen LogP contribution in [0, 0.1) is 20.8 Å². The van der Waals surface area contributed by atoms with E-state index in [9.17, 15) is 13.2 Å². The molecular formula is C19H26N4O3S. The maximum Gasteiger partial charge on any atom is 0.321 e. The van der Waals surface area contributed by atoms with Gasteiger partial charge in [-0.05, 0) is 39.3 Å². The maximum atomic E-state index is 12.5. The molecule has 1 fully saturated rings. The molecule has 1 atom stereocenters. The van der Waals surface area contributed by atoms with Crippen LogP contribution in [0.25, 0.3) is 0 Å². The maximum absolute atomic E-state index is 12.5. The van der Waals surface area contributed by atoms with Gasteiger partial charge in [0, 0.05) is 24.0 Å². The third-order valence-electron chi connectivity index (χ3n) is 5.07. The molecule has 7 nitrogen and oxygen atoms in total. The highest BCUT2D eigenvalue weighted by Crippen LogP contribution is 2.27. The van der Waals surface area contributed by atoms with E-state index in [1.54, 1.807) is 11.9 Å². The van der Waals surface area contributed by atoms with Gasteiger partial charge in [-0.25, -0.2) is 13.2 Å². The fourth-order valence-electron chi connectivity index (χ4n) is 3.41. The number of aromatic nitrogens is 2. The number of sulfone groups is 1. The molecule has 1 unspecified atom stereocenters. The number of anilines is 1. The van der Waals surface area contributed by atoms with Gasteiger partial charge in [-0.3, -0.25) is 4.68 Å². The summed E-state index contributed by atoms with van der Waals surface area (Å²) in [5.74, 6) is 0.350. The number of aryl methyl sites for hydroxylation is 2. The third-order valence-corrected chi connectivity index (χ3v) is 6.82. The van der Waals surface area contributed by atoms with Crippen molar-refractivity contribution in [2.45, 2.75) is 39.8 Å². The molecule has 3 rings (SSSR count). The Morgan fingerprint density at radius 1 is 1.26 bits per heavy atom. The molecule has 0 spiro atoms. The predicted molar refractivity (Wildman–Crippen MR) is 106 cm³/mol. The summed E-state index contributed by atoms with van der Waals surface area (Å²) in [4.78, 5) is 14.1. The molecule has 1 aromatic heterocycles. The number of hydrogen-bond donors (Lipinski definition) is 1. The van der Waals surface area contributed by atoms with Gasteiger partial charge < -0.3 is 10.2 Å². The van der Waals surface area contributed by atoms with Gasteiger partial charge >= 0.3 is 6.03 Å². The largest absolute Gasteiger partial charge is 0.323 e. The minimum Gasteiger partial charge on any atom is -0.323 e. The van der Waals surface area contributed by atoms with Gasteiger partial charge in [0.1, 0.15) is 0 Å². The lowest BCUT2D eigenvalue weighted by molar-refractivity contribution is 0.220. The average Bonchev–Trinajstić information content (AvgIpc) is 3.10. The fourth-order valence-corrected chi connectivity index (χ4v) is 5.11. The summed E-state index contributed by atoms with van der Waals surface area (Å²) < 4.78 is 25.4. The number of hydrogen-bond acceptors (Lipinski definition) is 4. The van der Waals surface area contributed by atoms with Crippen LogP contribution in [0.2, 0.25) is 0 Å². The molecule has 1 N–H and O–H groups in total. The number of carbonyl (C=O) groups is 1. The molecule has 146 valence electrons. The van der Waals surface area contributed by atoms with Crippen molar-refractivity contribution in [1.29, 1.82) is 0 Å². The molecule has 0 bridgehead atoms. The predicted octanol–water partition coefficient (Wildman–Crippen LogP) is 2.83. The molecule has 0 radical (unpaired) electrons. The van der Waals surface area contributed by atoms with Crippen LogP contribution in [0.4, 0.5) is 10.5 Å². The van der Waals surface area contributed by atoms with Crippen LogP contribution in [0.1, 0.15) is 35.0 Å². The Morgan fingerprint density at radius 3 is 2.52 bits per heavy atom. The Morgan fingerprint density at radius 2 is 1.93 bits per heavy atom. The summed E-state index contributed by atoms with van der Waals surface area (Å²) in [7, 11) is -1.24. The second-order valence-corrected chi connectivity index (χ2v) is 9.53. The zero-order chi connectivity index (χ0) is 19.8. The van der Waals surface area contributed by atoms with Crippen molar-refractivity contribution >= 4 is 21.6 Å². The van der Waals surface area contributed by atoms with Gasteiger partial charge in [-0.15, -0.1) is 0 Å². The van der Waals surface area contributed by atoms with Crippen LogP contribution in [0.15, 0.2) is 24.3 Å². The van der Waals surface area contributed by atoms with Gasteiger partial charge in [0.15, 0.2) is 9.84 Å². The third kappa shape index (κ3) is 4.32. The molecule has 0 saturated carbocycles. The van der Waals surface area contributed by atoms with E-state index >= 15 is 0 Å². The van der Waals surface area contributed by atoms with E-state index in [0.29, 0.717) is 13.0 Å². The number of amides is 2. The molecule has 1 aliphatic rings. The van der Waals surface area contributed by atoms with Crippen LogP contribution in [-0.4, -0.2) is 47.7 Å². The summed E-state index contributed by atoms with van der Waals surface area (Å²) in [6.07, 6.45) is 0.591. The lowest BCUT2D eigenvalue weighted by Crippen LogP contribution is -2.31. The molecule has 2 amide bonds. The van der Waals surface area contributed by atoms with Crippen LogP contribution in [0.3, 0.4) is 0 Å². The van der Waals surface area contributed by atoms with Crippen molar-refractivity contribution in [1.82, 2.24) is 14.7 Å². The first-order valence-corrected chi connectivity index (χ1v) is 10.8. The number of urea groups is 1. The second-order valence-electron chi connectivity index (χ2n) is 7.30. The zero-order valence-corrected chi connectivity index (χ0v) is 17.0. The lowest BCUT2D eigenvalue weighted by atomic mass is 10.1. The average molecular weight is 391 g/mol. The van der Waals surface area contributed by atoms with Crippen molar-refractivity contribution in [2.75, 3.05) is 23.9 Å². The van der Waals surface area contributed by atoms with Gasteiger partial charge in [0.2, 0.25) is 0 Å². The number of benzene rings is 1. The van der Waals surface area contributed by atoms with Crippen molar-refractivity contribution in [2.24, 2.45) is 0 Å². The summed E-state index contributed by atoms with van der Waals surface area (Å²) >= 11 is 0. The molecule has 1 saturated heterocycles. The Balaban J connectivity index is 1.71. The first-order chi connectivity index (χ1) is 12.7. The molecule has 2 aromatic rings. The number of rotatable bonds is 4. The number of nitrogens with zero attached hydrogens (tertiary/aromatic N) is 3. The molecule has 27 heavy (non-hydrogen) atoms. The summed E-state index contributed by atoms with van der Waals surface area (Å²) in [6, 6.07) is 7.32. The minimum absolute atomic E-state index is 0.117. The van der Waals surface area contributed by atoms with Gasteiger partial charge in [-0.2, -0.15) is 5.10 Å². The van der Waals surface area contributed by atoms with Crippen LogP contribution in [0.5, 0.6) is 0 Å². The Kier molecular flexibility index (Phi) is 5.28. The van der Waals surface area contributed by atoms with Crippen molar-refractivity contribution < 1.29 is 13.2 Å². The monoisotopic (exact) mass is 390 g/mol. The van der Waals surface area contributed by atoms with Gasteiger partial charge in [0.05, 0.1) is 29.8 Å². The number of nitrogens with one attached hydrogen (secondary N) is 1. The molecular weight excluding hydrogens is 364 g/mol. The molecule has 1 aromatic carbocycles. The number of carbonyl (C=O) groups excluding carboxylic acids is 1. The quantitative estimate of drug-likeness (QED) is 0.870. The molecule has 8 heteroatoms. The standard InChI is InChI=1S/C19H26N4O3S/c1-13-5-7-16(8-6-13)20-19(24)22(4)11-18-14(2)21-23(15(18)3)17-9-10-27(25,26)12-17/h5-8,17H,9-12H2,1-4H3,(H,20,24). The first kappa shape index (κ1) is 19.4. The van der Waals surface area contributed by atoms with E-state index < -0.39 is 9.84 Å². The fraction of sp³-hybridized carbons (Fsp3) is 0.474. The highest BCUT2D eigenvalue weighted by molar-refractivity contribution is 7.91. The summed E-state index contributed by atoms with van der Waals surface area (Å²) in [5, 5.41) is 7.44. The van der Waals surface area contributed by atoms with Gasteiger partial charge in [0.25, 0.3) is 0 Å². The van der Waals surface area contributed by atoms with Crippen LogP contribution >= 0.6 is 0 Å². The minimum atomic E-state index is -2.97. The smallest absolute Gasteiger partial charge is 0.321 e. The zero-order valence-electron chi connectivity index (χ0n) is 16.2. The molecule has 1 aliphatic heterocycles. The Labute approximate surface area is 160 Å². The lowest BCUT2D eigenvalue weighted by Gasteiger charge is -2.19. The van der Waals surface area contributed by atoms with Crippen LogP contribution in [-0.2, 0) is 16.4 Å². The topological polar surface area (TPSA) is 84.3 Å². The normalized spacial score (nSPS) is 18.4. The Hall–Kier alpha value is -2.35. The summed E-state index contributed by atoms with van der Waals surface area (Å²) in [5.41, 5.74) is 4.59. The summed E-state index contributed by atoms with van der Waals surface area (Å²) in [6.45, 7) is 6.24.